The Balaban J connectivity index is 1.45. The van der Waals surface area contributed by atoms with Crippen LogP contribution in [0.5, 0.6) is 0 Å². The van der Waals surface area contributed by atoms with Crippen molar-refractivity contribution in [1.29, 1.82) is 0 Å². The van der Waals surface area contributed by atoms with Gasteiger partial charge in [-0.25, -0.2) is 9.59 Å². The number of benzene rings is 3. The molecule has 3 aromatic carbocycles. The van der Waals surface area contributed by atoms with E-state index < -0.39 is 108 Å². The summed E-state index contributed by atoms with van der Waals surface area (Å²) < 4.78 is 11.4. The van der Waals surface area contributed by atoms with Crippen molar-refractivity contribution in [3.8, 4) is 11.1 Å². The van der Waals surface area contributed by atoms with Gasteiger partial charge < -0.3 is 45.0 Å². The molecule has 462 valence electrons. The molecule has 0 radical (unpaired) electrons. The number of hydrogen-bond donors (Lipinski definition) is 3. The first-order chi connectivity index (χ1) is 39.5. The van der Waals surface area contributed by atoms with Gasteiger partial charge >= 0.3 is 12.1 Å². The summed E-state index contributed by atoms with van der Waals surface area (Å²) >= 11 is 0. The van der Waals surface area contributed by atoms with Crippen molar-refractivity contribution in [2.75, 3.05) is 48.4 Å². The molecule has 0 bridgehead atoms. The smallest absolute Gasteiger partial charge is 0.410 e. The lowest BCUT2D eigenvalue weighted by Gasteiger charge is -2.37. The van der Waals surface area contributed by atoms with Crippen molar-refractivity contribution >= 4 is 53.4 Å². The van der Waals surface area contributed by atoms with E-state index in [-0.39, 0.29) is 68.5 Å². The zero-order valence-corrected chi connectivity index (χ0v) is 52.9. The fourth-order valence-electron chi connectivity index (χ4n) is 10.7. The van der Waals surface area contributed by atoms with Gasteiger partial charge in [0, 0.05) is 41.2 Å². The zero-order chi connectivity index (χ0) is 62.9. The molecule has 1 aliphatic rings. The Morgan fingerprint density at radius 2 is 0.976 bits per heavy atom. The van der Waals surface area contributed by atoms with E-state index in [0.29, 0.717) is 6.42 Å². The number of esters is 1. The first-order valence-corrected chi connectivity index (χ1v) is 29.8. The minimum absolute atomic E-state index is 0.0234. The number of fused-ring (bicyclic) bond motifs is 3. The van der Waals surface area contributed by atoms with Gasteiger partial charge in [0.25, 0.3) is 0 Å². The SMILES string of the molecule is CCC[C@H](NC(=O)[C@H](CC(C)C)N(C)C(=O)[C@H](C(C)C)N(C)C(=O)OCC1c2ccccc2-c2ccccc21)C(=O)N(C)CC(=O)N(C)[C@@H](CC(C)C)C(=O)N[C@H](C(=O)N(C)[C@@H](CC(C)C)C(=O)N[C@@H](C)C(=O)OCc1ccccc1)C(C)C. The van der Waals surface area contributed by atoms with E-state index in [1.165, 1.54) is 66.7 Å². The molecule has 0 fully saturated rings. The van der Waals surface area contributed by atoms with Crippen LogP contribution in [0.4, 0.5) is 4.79 Å². The third-order valence-corrected chi connectivity index (χ3v) is 15.5. The maximum absolute atomic E-state index is 14.6. The number of ether oxygens (including phenoxy) is 2. The van der Waals surface area contributed by atoms with Gasteiger partial charge in [0.2, 0.25) is 41.4 Å². The number of carbonyl (C=O) groups is 9. The van der Waals surface area contributed by atoms with Crippen LogP contribution in [0, 0.1) is 29.6 Å². The molecule has 0 unspecified atom stereocenters. The fraction of sp³-hybridized carbons (Fsp3) is 0.585. The van der Waals surface area contributed by atoms with E-state index in [4.69, 9.17) is 9.47 Å². The minimum Gasteiger partial charge on any atom is -0.459 e. The highest BCUT2D eigenvalue weighted by Gasteiger charge is 2.41. The van der Waals surface area contributed by atoms with Gasteiger partial charge in [-0.3, -0.25) is 38.5 Å². The highest BCUT2D eigenvalue weighted by atomic mass is 16.6. The van der Waals surface area contributed by atoms with Crippen LogP contribution in [0.3, 0.4) is 0 Å². The molecule has 0 saturated heterocycles. The third kappa shape index (κ3) is 18.6. The Hall–Kier alpha value is -7.31. The largest absolute Gasteiger partial charge is 0.459 e. The van der Waals surface area contributed by atoms with E-state index >= 15 is 0 Å². The second-order valence-electron chi connectivity index (χ2n) is 24.5. The standard InChI is InChI=1S/C65H96N8O11/c1-18-26-51(67-59(76)54(35-41(6)7)72(16)63(80)57(43(10)11)73(17)65(82)84-38-50-48-31-24-22-29-46(48)47-30-23-25-32-49(47)50)61(78)69(13)36-55(74)70(14)52(33-39(2)3)60(77)68-56(42(8)9)62(79)71(15)53(34-40(4)5)58(75)66-44(12)64(81)83-37-45-27-20-19-21-28-45/h19-25,27-32,39-44,50-54,56-57H,18,26,33-38H2,1-17H3,(H,66,75)(H,67,76)(H,68,77)/t44-,51-,52-,53-,54-,56-,57-/m0/s1. The molecule has 84 heavy (non-hydrogen) atoms. The van der Waals surface area contributed by atoms with Crippen LogP contribution in [-0.4, -0.2) is 169 Å². The minimum atomic E-state index is -1.12. The molecule has 19 heteroatoms. The monoisotopic (exact) mass is 1160 g/mol. The lowest BCUT2D eigenvalue weighted by atomic mass is 9.97. The summed E-state index contributed by atoms with van der Waals surface area (Å²) in [5.74, 6) is -5.79. The summed E-state index contributed by atoms with van der Waals surface area (Å²) in [5.41, 5.74) is 5.05. The summed E-state index contributed by atoms with van der Waals surface area (Å²) in [6.07, 6.45) is 0.695. The van der Waals surface area contributed by atoms with Crippen LogP contribution in [0.2, 0.25) is 0 Å². The molecule has 0 aromatic heterocycles. The lowest BCUT2D eigenvalue weighted by Crippen LogP contribution is -2.60. The molecule has 0 spiro atoms. The molecule has 4 rings (SSSR count). The van der Waals surface area contributed by atoms with E-state index in [9.17, 15) is 43.2 Å². The van der Waals surface area contributed by atoms with Crippen LogP contribution >= 0.6 is 0 Å². The highest BCUT2D eigenvalue weighted by Crippen LogP contribution is 2.44. The van der Waals surface area contributed by atoms with E-state index in [1.54, 1.807) is 13.8 Å². The van der Waals surface area contributed by atoms with E-state index in [0.717, 1.165) is 27.8 Å². The van der Waals surface area contributed by atoms with Crippen molar-refractivity contribution < 1.29 is 52.6 Å². The normalized spacial score (nSPS) is 14.5. The molecule has 3 aromatic rings. The van der Waals surface area contributed by atoms with Gasteiger partial charge in [0.15, 0.2) is 0 Å². The number of likely N-dealkylation sites (N-methyl/N-ethyl adjacent to an activating group) is 5. The summed E-state index contributed by atoms with van der Waals surface area (Å²) in [7, 11) is 7.43. The Morgan fingerprint density at radius 1 is 0.512 bits per heavy atom. The van der Waals surface area contributed by atoms with Crippen LogP contribution in [0.25, 0.3) is 11.1 Å². The average Bonchev–Trinajstić information content (AvgIpc) is 2.17. The number of hydrogen-bond acceptors (Lipinski definition) is 11. The Morgan fingerprint density at radius 3 is 1.46 bits per heavy atom. The Bertz CT molecular complexity index is 2690. The van der Waals surface area contributed by atoms with Crippen molar-refractivity contribution in [3.63, 3.8) is 0 Å². The molecule has 19 nitrogen and oxygen atoms in total. The average molecular weight is 1170 g/mol. The highest BCUT2D eigenvalue weighted by molar-refractivity contribution is 5.97. The topological polar surface area (TPSA) is 224 Å². The molecule has 0 heterocycles. The van der Waals surface area contributed by atoms with Crippen molar-refractivity contribution in [2.45, 2.75) is 170 Å². The van der Waals surface area contributed by atoms with Gasteiger partial charge in [-0.1, -0.05) is 161 Å². The number of rotatable bonds is 30. The molecule has 8 amide bonds. The summed E-state index contributed by atoms with van der Waals surface area (Å²) in [6, 6.07) is 17.8. The van der Waals surface area contributed by atoms with Crippen LogP contribution in [0.15, 0.2) is 78.9 Å². The van der Waals surface area contributed by atoms with Crippen molar-refractivity contribution in [1.82, 2.24) is 40.4 Å². The summed E-state index contributed by atoms with van der Waals surface area (Å²) in [5, 5.41) is 8.49. The molecule has 0 aliphatic heterocycles. The van der Waals surface area contributed by atoms with Crippen molar-refractivity contribution in [3.05, 3.63) is 95.6 Å². The second-order valence-corrected chi connectivity index (χ2v) is 24.5. The molecule has 7 atom stereocenters. The Labute approximate surface area is 499 Å². The maximum Gasteiger partial charge on any atom is 0.410 e. The van der Waals surface area contributed by atoms with E-state index in [2.05, 4.69) is 28.1 Å². The fourth-order valence-corrected chi connectivity index (χ4v) is 10.7. The third-order valence-electron chi connectivity index (χ3n) is 15.5. The van der Waals surface area contributed by atoms with Crippen LogP contribution in [-0.2, 0) is 54.4 Å². The maximum atomic E-state index is 14.6. The van der Waals surface area contributed by atoms with Crippen molar-refractivity contribution in [2.24, 2.45) is 29.6 Å². The summed E-state index contributed by atoms with van der Waals surface area (Å²) in [4.78, 5) is 134. The van der Waals surface area contributed by atoms with Gasteiger partial charge in [0.05, 0.1) is 6.54 Å². The zero-order valence-electron chi connectivity index (χ0n) is 52.9. The van der Waals surface area contributed by atoms with Gasteiger partial charge in [-0.15, -0.1) is 0 Å². The van der Waals surface area contributed by atoms with Crippen LogP contribution < -0.4 is 16.0 Å². The van der Waals surface area contributed by atoms with E-state index in [1.807, 2.05) is 129 Å². The number of carbonyl (C=O) groups excluding carboxylic acids is 9. The molecule has 3 N–H and O–H groups in total. The van der Waals surface area contributed by atoms with Gasteiger partial charge in [-0.05, 0) is 90.0 Å². The molecule has 0 saturated carbocycles. The molecule has 1 aliphatic carbocycles. The quantitative estimate of drug-likeness (QED) is 0.0550. The first kappa shape index (κ1) is 69.2. The second kappa shape index (κ2) is 32.1. The Kier molecular flexibility index (Phi) is 26.4. The number of nitrogens with one attached hydrogen (secondary N) is 3. The molecular weight excluding hydrogens is 1070 g/mol. The number of amides is 8. The molecular formula is C65H96N8O11. The van der Waals surface area contributed by atoms with Crippen LogP contribution in [0.1, 0.15) is 138 Å². The first-order valence-electron chi connectivity index (χ1n) is 29.8. The summed E-state index contributed by atoms with van der Waals surface area (Å²) in [6.45, 7) is 21.6. The predicted molar refractivity (Wildman–Crippen MR) is 325 cm³/mol. The number of nitrogens with zero attached hydrogens (tertiary/aromatic N) is 5. The predicted octanol–water partition coefficient (Wildman–Crippen LogP) is 7.64. The lowest BCUT2D eigenvalue weighted by molar-refractivity contribution is -0.150. The van der Waals surface area contributed by atoms with Gasteiger partial charge in [-0.2, -0.15) is 0 Å². The van der Waals surface area contributed by atoms with Gasteiger partial charge in [0.1, 0.15) is 55.5 Å².